The second-order valence-corrected chi connectivity index (χ2v) is 5.02. The average molecular weight is 273 g/mol. The van der Waals surface area contributed by atoms with Gasteiger partial charge in [-0.2, -0.15) is 0 Å². The molecular formula is C12H14Cl2N2O. The Morgan fingerprint density at radius 2 is 2.24 bits per heavy atom. The Labute approximate surface area is 111 Å². The van der Waals surface area contributed by atoms with E-state index in [1.807, 2.05) is 19.1 Å². The molecule has 3 nitrogen and oxygen atoms in total. The van der Waals surface area contributed by atoms with Crippen molar-refractivity contribution in [2.45, 2.75) is 19.5 Å². The van der Waals surface area contributed by atoms with Crippen molar-refractivity contribution in [2.75, 3.05) is 13.1 Å². The third-order valence-corrected chi connectivity index (χ3v) is 3.60. The predicted molar refractivity (Wildman–Crippen MR) is 69.3 cm³/mol. The maximum atomic E-state index is 11.5. The molecule has 0 aromatic heterocycles. The minimum absolute atomic E-state index is 0.0707. The third kappa shape index (κ3) is 2.92. The molecular weight excluding hydrogens is 259 g/mol. The zero-order valence-corrected chi connectivity index (χ0v) is 11.1. The number of halogens is 2. The van der Waals surface area contributed by atoms with Crippen LogP contribution >= 0.6 is 23.2 Å². The van der Waals surface area contributed by atoms with Crippen molar-refractivity contribution in [3.63, 3.8) is 0 Å². The van der Waals surface area contributed by atoms with Gasteiger partial charge in [-0.1, -0.05) is 29.3 Å². The van der Waals surface area contributed by atoms with E-state index in [-0.39, 0.29) is 11.9 Å². The first kappa shape index (κ1) is 12.7. The minimum Gasteiger partial charge on any atom is -0.353 e. The molecule has 0 spiro atoms. The van der Waals surface area contributed by atoms with Crippen molar-refractivity contribution in [1.82, 2.24) is 10.2 Å². The van der Waals surface area contributed by atoms with Crippen LogP contribution in [0.1, 0.15) is 12.5 Å². The summed E-state index contributed by atoms with van der Waals surface area (Å²) in [6.45, 7) is 4.10. The topological polar surface area (TPSA) is 32.3 Å². The van der Waals surface area contributed by atoms with E-state index in [0.29, 0.717) is 23.1 Å². The summed E-state index contributed by atoms with van der Waals surface area (Å²) >= 11 is 12.0. The monoisotopic (exact) mass is 272 g/mol. The van der Waals surface area contributed by atoms with Crippen LogP contribution in [0.4, 0.5) is 0 Å². The normalized spacial score (nSPS) is 21.4. The molecule has 1 atom stereocenters. The molecule has 1 N–H and O–H groups in total. The van der Waals surface area contributed by atoms with E-state index in [1.54, 1.807) is 6.07 Å². The molecule has 5 heteroatoms. The van der Waals surface area contributed by atoms with Crippen LogP contribution in [0.5, 0.6) is 0 Å². The number of piperazine rings is 1. The number of nitrogens with one attached hydrogen (secondary N) is 1. The Morgan fingerprint density at radius 3 is 2.94 bits per heavy atom. The van der Waals surface area contributed by atoms with Crippen LogP contribution in [0.2, 0.25) is 10.0 Å². The molecule has 2 rings (SSSR count). The molecule has 0 radical (unpaired) electrons. The van der Waals surface area contributed by atoms with E-state index in [0.717, 1.165) is 12.1 Å². The number of hydrogen-bond acceptors (Lipinski definition) is 2. The Morgan fingerprint density at radius 1 is 1.47 bits per heavy atom. The first-order valence-electron chi connectivity index (χ1n) is 5.53. The number of nitrogens with zero attached hydrogens (tertiary/aromatic N) is 1. The predicted octanol–water partition coefficient (Wildman–Crippen LogP) is 2.31. The highest BCUT2D eigenvalue weighted by Gasteiger charge is 2.25. The van der Waals surface area contributed by atoms with Crippen LogP contribution in [0.25, 0.3) is 0 Å². The fraction of sp³-hybridized carbons (Fsp3) is 0.417. The van der Waals surface area contributed by atoms with Gasteiger partial charge in [0.1, 0.15) is 0 Å². The molecule has 0 saturated carbocycles. The molecule has 1 aromatic rings. The Balaban J connectivity index is 2.12. The fourth-order valence-electron chi connectivity index (χ4n) is 1.91. The maximum absolute atomic E-state index is 11.5. The first-order chi connectivity index (χ1) is 8.08. The number of hydrogen-bond donors (Lipinski definition) is 1. The molecule has 17 heavy (non-hydrogen) atoms. The number of amides is 1. The first-order valence-corrected chi connectivity index (χ1v) is 6.29. The van der Waals surface area contributed by atoms with Crippen LogP contribution in [0.15, 0.2) is 18.2 Å². The summed E-state index contributed by atoms with van der Waals surface area (Å²) in [7, 11) is 0. The van der Waals surface area contributed by atoms with Gasteiger partial charge in [-0.3, -0.25) is 9.69 Å². The van der Waals surface area contributed by atoms with Crippen LogP contribution < -0.4 is 5.32 Å². The molecule has 0 aliphatic carbocycles. The Bertz CT molecular complexity index is 437. The van der Waals surface area contributed by atoms with Gasteiger partial charge in [-0.05, 0) is 24.6 Å². The molecule has 1 amide bonds. The van der Waals surface area contributed by atoms with Gasteiger partial charge in [0.15, 0.2) is 0 Å². The van der Waals surface area contributed by atoms with Crippen molar-refractivity contribution in [1.29, 1.82) is 0 Å². The number of carbonyl (C=O) groups excluding carboxylic acids is 1. The van der Waals surface area contributed by atoms with Crippen molar-refractivity contribution in [3.05, 3.63) is 33.8 Å². The van der Waals surface area contributed by atoms with Crippen molar-refractivity contribution in [3.8, 4) is 0 Å². The molecule has 1 aliphatic heterocycles. The molecule has 1 aromatic carbocycles. The summed E-state index contributed by atoms with van der Waals surface area (Å²) in [5.74, 6) is 0.0707. The van der Waals surface area contributed by atoms with Crippen molar-refractivity contribution >= 4 is 29.1 Å². The summed E-state index contributed by atoms with van der Waals surface area (Å²) in [6.07, 6.45) is 0. The van der Waals surface area contributed by atoms with E-state index in [1.165, 1.54) is 0 Å². The van der Waals surface area contributed by atoms with E-state index in [4.69, 9.17) is 23.2 Å². The number of carbonyl (C=O) groups is 1. The van der Waals surface area contributed by atoms with Gasteiger partial charge in [0.05, 0.1) is 6.04 Å². The second-order valence-electron chi connectivity index (χ2n) is 4.17. The summed E-state index contributed by atoms with van der Waals surface area (Å²) < 4.78 is 0. The van der Waals surface area contributed by atoms with Gasteiger partial charge in [0, 0.05) is 29.7 Å². The molecule has 1 heterocycles. The minimum atomic E-state index is -0.115. The lowest BCUT2D eigenvalue weighted by Crippen LogP contribution is -2.53. The zero-order valence-electron chi connectivity index (χ0n) is 9.54. The van der Waals surface area contributed by atoms with E-state index in [9.17, 15) is 4.79 Å². The highest BCUT2D eigenvalue weighted by atomic mass is 35.5. The van der Waals surface area contributed by atoms with Gasteiger partial charge in [-0.25, -0.2) is 0 Å². The number of rotatable bonds is 2. The Kier molecular flexibility index (Phi) is 3.92. The van der Waals surface area contributed by atoms with Crippen LogP contribution in [-0.4, -0.2) is 29.9 Å². The number of benzene rings is 1. The van der Waals surface area contributed by atoms with Gasteiger partial charge in [0.25, 0.3) is 0 Å². The van der Waals surface area contributed by atoms with Gasteiger partial charge >= 0.3 is 0 Å². The van der Waals surface area contributed by atoms with Crippen molar-refractivity contribution < 1.29 is 4.79 Å². The van der Waals surface area contributed by atoms with Gasteiger partial charge < -0.3 is 5.32 Å². The highest BCUT2D eigenvalue weighted by Crippen LogP contribution is 2.23. The lowest BCUT2D eigenvalue weighted by atomic mass is 10.1. The standard InChI is InChI=1S/C12H14Cl2N2O/c1-8-12(17)15-4-5-16(8)7-9-2-3-10(13)6-11(9)14/h2-3,6,8H,4-5,7H2,1H3,(H,15,17). The van der Waals surface area contributed by atoms with Crippen LogP contribution in [0.3, 0.4) is 0 Å². The highest BCUT2D eigenvalue weighted by molar-refractivity contribution is 6.35. The molecule has 1 fully saturated rings. The molecule has 0 bridgehead atoms. The zero-order chi connectivity index (χ0) is 12.4. The summed E-state index contributed by atoms with van der Waals surface area (Å²) in [5, 5.41) is 4.11. The third-order valence-electron chi connectivity index (χ3n) is 3.01. The quantitative estimate of drug-likeness (QED) is 0.896. The van der Waals surface area contributed by atoms with Crippen LogP contribution in [-0.2, 0) is 11.3 Å². The SMILES string of the molecule is CC1C(=O)NCCN1Cc1ccc(Cl)cc1Cl. The van der Waals surface area contributed by atoms with E-state index >= 15 is 0 Å². The fourth-order valence-corrected chi connectivity index (χ4v) is 2.38. The lowest BCUT2D eigenvalue weighted by Gasteiger charge is -2.32. The molecule has 1 aliphatic rings. The van der Waals surface area contributed by atoms with Gasteiger partial charge in [0.2, 0.25) is 5.91 Å². The summed E-state index contributed by atoms with van der Waals surface area (Å²) in [4.78, 5) is 13.6. The van der Waals surface area contributed by atoms with Gasteiger partial charge in [-0.15, -0.1) is 0 Å². The average Bonchev–Trinajstić information content (AvgIpc) is 2.28. The molecule has 1 saturated heterocycles. The smallest absolute Gasteiger partial charge is 0.237 e. The second kappa shape index (κ2) is 5.25. The largest absolute Gasteiger partial charge is 0.353 e. The molecule has 1 unspecified atom stereocenters. The summed E-state index contributed by atoms with van der Waals surface area (Å²) in [6, 6.07) is 5.34. The van der Waals surface area contributed by atoms with Crippen LogP contribution in [0, 0.1) is 0 Å². The van der Waals surface area contributed by atoms with Crippen molar-refractivity contribution in [2.24, 2.45) is 0 Å². The van der Waals surface area contributed by atoms with E-state index in [2.05, 4.69) is 10.2 Å². The maximum Gasteiger partial charge on any atom is 0.237 e. The molecule has 92 valence electrons. The van der Waals surface area contributed by atoms with E-state index < -0.39 is 0 Å². The Hall–Kier alpha value is -0.770. The lowest BCUT2D eigenvalue weighted by molar-refractivity contribution is -0.128. The summed E-state index contributed by atoms with van der Waals surface area (Å²) in [5.41, 5.74) is 0.998.